The molecule has 1 aliphatic heterocycles. The molecule has 0 aromatic heterocycles. The van der Waals surface area contributed by atoms with Crippen molar-refractivity contribution in [3.05, 3.63) is 0 Å². The maximum Gasteiger partial charge on any atom is 0.348 e. The lowest BCUT2D eigenvalue weighted by molar-refractivity contribution is -0.213. The first-order chi connectivity index (χ1) is 6.39. The second kappa shape index (κ2) is 3.59. The molecule has 0 aromatic rings. The molecule has 1 fully saturated rings. The van der Waals surface area contributed by atoms with E-state index in [2.05, 4.69) is 0 Å². The quantitative estimate of drug-likeness (QED) is 0.644. The second-order valence-electron chi connectivity index (χ2n) is 4.16. The van der Waals surface area contributed by atoms with Crippen LogP contribution < -0.4 is 0 Å². The third-order valence-electron chi connectivity index (χ3n) is 2.51. The van der Waals surface area contributed by atoms with Crippen LogP contribution in [0.3, 0.4) is 0 Å². The molecule has 1 rings (SSSR count). The highest BCUT2D eigenvalue weighted by molar-refractivity contribution is 5.94. The Hall–Kier alpha value is -1.06. The summed E-state index contributed by atoms with van der Waals surface area (Å²) in [6, 6.07) is 0. The average molecular weight is 200 g/mol. The SMILES string of the molecule is CCC(C)OC(=O)[C@@H]1OC(=O)C1(C)C. The van der Waals surface area contributed by atoms with Crippen LogP contribution >= 0.6 is 0 Å². The van der Waals surface area contributed by atoms with E-state index in [1.807, 2.05) is 13.8 Å². The predicted molar refractivity (Wildman–Crippen MR) is 49.5 cm³/mol. The summed E-state index contributed by atoms with van der Waals surface area (Å²) in [6.45, 7) is 7.10. The first kappa shape index (κ1) is 11.0. The zero-order chi connectivity index (χ0) is 10.9. The van der Waals surface area contributed by atoms with Gasteiger partial charge in [-0.25, -0.2) is 4.79 Å². The number of carbonyl (C=O) groups is 2. The van der Waals surface area contributed by atoms with Gasteiger partial charge in [0.15, 0.2) is 0 Å². The predicted octanol–water partition coefficient (Wildman–Crippen LogP) is 1.28. The van der Waals surface area contributed by atoms with E-state index in [0.29, 0.717) is 0 Å². The standard InChI is InChI=1S/C10H16O4/c1-5-6(2)13-8(11)7-10(3,4)9(12)14-7/h6-7H,5H2,1-4H3/t6?,7-/m0/s1. The molecular formula is C10H16O4. The van der Waals surface area contributed by atoms with Gasteiger partial charge in [0, 0.05) is 0 Å². The Kier molecular flexibility index (Phi) is 2.83. The summed E-state index contributed by atoms with van der Waals surface area (Å²) in [4.78, 5) is 22.4. The molecule has 4 heteroatoms. The first-order valence-electron chi connectivity index (χ1n) is 4.81. The van der Waals surface area contributed by atoms with Crippen molar-refractivity contribution in [2.24, 2.45) is 5.41 Å². The molecule has 1 aliphatic rings. The molecule has 0 aromatic carbocycles. The summed E-state index contributed by atoms with van der Waals surface area (Å²) < 4.78 is 9.82. The molecule has 80 valence electrons. The molecule has 2 atom stereocenters. The average Bonchev–Trinajstić information content (AvgIpc) is 2.13. The van der Waals surface area contributed by atoms with Crippen molar-refractivity contribution in [3.8, 4) is 0 Å². The Balaban J connectivity index is 2.52. The van der Waals surface area contributed by atoms with Crippen LogP contribution in [0.1, 0.15) is 34.1 Å². The van der Waals surface area contributed by atoms with E-state index in [0.717, 1.165) is 6.42 Å². The lowest BCUT2D eigenvalue weighted by Gasteiger charge is -2.39. The Bertz CT molecular complexity index is 257. The van der Waals surface area contributed by atoms with E-state index < -0.39 is 17.5 Å². The molecule has 0 N–H and O–H groups in total. The highest BCUT2D eigenvalue weighted by Crippen LogP contribution is 2.36. The van der Waals surface area contributed by atoms with E-state index >= 15 is 0 Å². The number of cyclic esters (lactones) is 1. The number of carbonyl (C=O) groups excluding carboxylic acids is 2. The summed E-state index contributed by atoms with van der Waals surface area (Å²) >= 11 is 0. The summed E-state index contributed by atoms with van der Waals surface area (Å²) in [5.41, 5.74) is -0.732. The molecule has 14 heavy (non-hydrogen) atoms. The highest BCUT2D eigenvalue weighted by Gasteiger charge is 2.55. The van der Waals surface area contributed by atoms with Gasteiger partial charge < -0.3 is 9.47 Å². The fraction of sp³-hybridized carbons (Fsp3) is 0.800. The van der Waals surface area contributed by atoms with Gasteiger partial charge in [0.2, 0.25) is 6.10 Å². The van der Waals surface area contributed by atoms with E-state index in [9.17, 15) is 9.59 Å². The van der Waals surface area contributed by atoms with Crippen molar-refractivity contribution < 1.29 is 19.1 Å². The van der Waals surface area contributed by atoms with Gasteiger partial charge in [0.25, 0.3) is 0 Å². The van der Waals surface area contributed by atoms with Gasteiger partial charge in [-0.1, -0.05) is 6.92 Å². The molecule has 4 nitrogen and oxygen atoms in total. The molecule has 0 radical (unpaired) electrons. The molecule has 1 unspecified atom stereocenters. The molecule has 0 spiro atoms. The van der Waals surface area contributed by atoms with Crippen LogP contribution in [-0.4, -0.2) is 24.1 Å². The van der Waals surface area contributed by atoms with Crippen LogP contribution in [-0.2, 0) is 19.1 Å². The Morgan fingerprint density at radius 1 is 1.64 bits per heavy atom. The van der Waals surface area contributed by atoms with Gasteiger partial charge in [0.1, 0.15) is 5.41 Å². The number of esters is 2. The van der Waals surface area contributed by atoms with Gasteiger partial charge in [-0.05, 0) is 27.2 Å². The molecule has 0 saturated carbocycles. The number of ether oxygens (including phenoxy) is 2. The maximum atomic E-state index is 11.5. The maximum absolute atomic E-state index is 11.5. The summed E-state index contributed by atoms with van der Waals surface area (Å²) in [6.07, 6.45) is -0.103. The highest BCUT2D eigenvalue weighted by atomic mass is 16.6. The smallest absolute Gasteiger partial charge is 0.348 e. The molecule has 0 amide bonds. The Morgan fingerprint density at radius 2 is 2.21 bits per heavy atom. The zero-order valence-electron chi connectivity index (χ0n) is 8.99. The first-order valence-corrected chi connectivity index (χ1v) is 4.81. The molecule has 0 bridgehead atoms. The fourth-order valence-corrected chi connectivity index (χ4v) is 1.14. The van der Waals surface area contributed by atoms with E-state index in [4.69, 9.17) is 9.47 Å². The largest absolute Gasteiger partial charge is 0.460 e. The van der Waals surface area contributed by atoms with Gasteiger partial charge >= 0.3 is 11.9 Å². The van der Waals surface area contributed by atoms with Gasteiger partial charge in [-0.2, -0.15) is 0 Å². The minimum Gasteiger partial charge on any atom is -0.460 e. The summed E-state index contributed by atoms with van der Waals surface area (Å²) in [7, 11) is 0. The lowest BCUT2D eigenvalue weighted by Crippen LogP contribution is -2.57. The third kappa shape index (κ3) is 1.74. The van der Waals surface area contributed by atoms with Crippen molar-refractivity contribution in [2.45, 2.75) is 46.3 Å². The van der Waals surface area contributed by atoms with Crippen molar-refractivity contribution in [3.63, 3.8) is 0 Å². The topological polar surface area (TPSA) is 52.6 Å². The normalized spacial score (nSPS) is 26.0. The van der Waals surface area contributed by atoms with E-state index in [1.54, 1.807) is 13.8 Å². The molecule has 1 heterocycles. The van der Waals surface area contributed by atoms with Crippen LogP contribution in [0.2, 0.25) is 0 Å². The van der Waals surface area contributed by atoms with Gasteiger partial charge in [-0.15, -0.1) is 0 Å². The summed E-state index contributed by atoms with van der Waals surface area (Å²) in [5, 5.41) is 0. The monoisotopic (exact) mass is 200 g/mol. The minimum atomic E-state index is -0.732. The fourth-order valence-electron chi connectivity index (χ4n) is 1.14. The van der Waals surface area contributed by atoms with Crippen LogP contribution in [0.4, 0.5) is 0 Å². The third-order valence-corrected chi connectivity index (χ3v) is 2.51. The molecule has 0 aliphatic carbocycles. The Morgan fingerprint density at radius 3 is 2.57 bits per heavy atom. The van der Waals surface area contributed by atoms with Crippen molar-refractivity contribution in [1.82, 2.24) is 0 Å². The molecular weight excluding hydrogens is 184 g/mol. The van der Waals surface area contributed by atoms with Crippen molar-refractivity contribution in [1.29, 1.82) is 0 Å². The molecule has 1 saturated heterocycles. The van der Waals surface area contributed by atoms with Crippen molar-refractivity contribution in [2.75, 3.05) is 0 Å². The summed E-state index contributed by atoms with van der Waals surface area (Å²) in [5.74, 6) is -0.785. The van der Waals surface area contributed by atoms with Crippen molar-refractivity contribution >= 4 is 11.9 Å². The number of hydrogen-bond donors (Lipinski definition) is 0. The zero-order valence-corrected chi connectivity index (χ0v) is 8.99. The van der Waals surface area contributed by atoms with Gasteiger partial charge in [-0.3, -0.25) is 4.79 Å². The van der Waals surface area contributed by atoms with Crippen LogP contribution in [0.25, 0.3) is 0 Å². The number of rotatable bonds is 3. The van der Waals surface area contributed by atoms with Crippen LogP contribution in [0, 0.1) is 5.41 Å². The lowest BCUT2D eigenvalue weighted by atomic mass is 9.81. The van der Waals surface area contributed by atoms with E-state index in [-0.39, 0.29) is 12.1 Å². The minimum absolute atomic E-state index is 0.127. The van der Waals surface area contributed by atoms with Gasteiger partial charge in [0.05, 0.1) is 6.10 Å². The number of hydrogen-bond acceptors (Lipinski definition) is 4. The van der Waals surface area contributed by atoms with Crippen LogP contribution in [0.5, 0.6) is 0 Å². The second-order valence-corrected chi connectivity index (χ2v) is 4.16. The van der Waals surface area contributed by atoms with E-state index in [1.165, 1.54) is 0 Å². The van der Waals surface area contributed by atoms with Crippen LogP contribution in [0.15, 0.2) is 0 Å². The Labute approximate surface area is 83.6 Å².